The van der Waals surface area contributed by atoms with Gasteiger partial charge in [-0.15, -0.1) is 0 Å². The summed E-state index contributed by atoms with van der Waals surface area (Å²) in [4.78, 5) is 47.1. The van der Waals surface area contributed by atoms with Crippen LogP contribution in [-0.4, -0.2) is 51.3 Å². The Morgan fingerprint density at radius 1 is 1.15 bits per heavy atom. The molecule has 1 aromatic carbocycles. The van der Waals surface area contributed by atoms with Crippen LogP contribution >= 0.6 is 0 Å². The van der Waals surface area contributed by atoms with Crippen molar-refractivity contribution in [3.8, 4) is 0 Å². The lowest BCUT2D eigenvalue weighted by atomic mass is 9.75. The molecule has 3 amide bonds. The maximum atomic E-state index is 13.7. The zero-order chi connectivity index (χ0) is 23.4. The number of likely N-dealkylation sites (tertiary alicyclic amines) is 1. The second kappa shape index (κ2) is 9.36. The molecule has 170 valence electrons. The van der Waals surface area contributed by atoms with Gasteiger partial charge in [0, 0.05) is 50.8 Å². The molecule has 8 heteroatoms. The van der Waals surface area contributed by atoms with E-state index in [1.807, 2.05) is 55.5 Å². The van der Waals surface area contributed by atoms with Crippen molar-refractivity contribution in [1.82, 2.24) is 19.9 Å². The van der Waals surface area contributed by atoms with Gasteiger partial charge in [-0.2, -0.15) is 0 Å². The first kappa shape index (κ1) is 22.4. The van der Waals surface area contributed by atoms with E-state index in [0.29, 0.717) is 17.7 Å². The minimum atomic E-state index is -1.24. The molecule has 0 bridgehead atoms. The fourth-order valence-corrected chi connectivity index (χ4v) is 4.26. The molecule has 3 aromatic rings. The normalized spacial score (nSPS) is 19.0. The van der Waals surface area contributed by atoms with Crippen molar-refractivity contribution in [3.05, 3.63) is 84.0 Å². The Hall–Kier alpha value is -3.81. The van der Waals surface area contributed by atoms with E-state index in [1.165, 1.54) is 16.1 Å². The number of imide groups is 1. The van der Waals surface area contributed by atoms with E-state index >= 15 is 0 Å². The average molecular weight is 447 g/mol. The zero-order valence-electron chi connectivity index (χ0n) is 18.7. The fourth-order valence-electron chi connectivity index (χ4n) is 4.26. The molecule has 0 spiro atoms. The van der Waals surface area contributed by atoms with Crippen LogP contribution < -0.4 is 0 Å². The second-order valence-corrected chi connectivity index (χ2v) is 8.33. The van der Waals surface area contributed by atoms with E-state index in [4.69, 9.17) is 4.52 Å². The summed E-state index contributed by atoms with van der Waals surface area (Å²) in [7, 11) is 1.67. The van der Waals surface area contributed by atoms with Crippen LogP contribution in [0.15, 0.2) is 71.6 Å². The van der Waals surface area contributed by atoms with Crippen LogP contribution in [0.5, 0.6) is 0 Å². The highest BCUT2D eigenvalue weighted by Crippen LogP contribution is 2.40. The highest BCUT2D eigenvalue weighted by molar-refractivity contribution is 6.10. The first-order chi connectivity index (χ1) is 15.9. The van der Waals surface area contributed by atoms with Crippen LogP contribution in [0.4, 0.5) is 0 Å². The van der Waals surface area contributed by atoms with Gasteiger partial charge in [0.2, 0.25) is 17.7 Å². The number of benzene rings is 1. The molecule has 2 atom stereocenters. The van der Waals surface area contributed by atoms with E-state index in [0.717, 1.165) is 5.69 Å². The third kappa shape index (κ3) is 4.41. The lowest BCUT2D eigenvalue weighted by Crippen LogP contribution is -2.43. The summed E-state index contributed by atoms with van der Waals surface area (Å²) in [5.74, 6) is -0.868. The molecule has 1 saturated heterocycles. The summed E-state index contributed by atoms with van der Waals surface area (Å²) in [6, 6.07) is 16.0. The largest absolute Gasteiger partial charge is 0.364 e. The van der Waals surface area contributed by atoms with E-state index in [1.54, 1.807) is 19.3 Å². The molecule has 0 radical (unpaired) electrons. The summed E-state index contributed by atoms with van der Waals surface area (Å²) in [5.41, 5.74) is 0.842. The molecule has 1 fully saturated rings. The highest BCUT2D eigenvalue weighted by Gasteiger charge is 2.53. The number of amides is 3. The molecule has 8 nitrogen and oxygen atoms in total. The van der Waals surface area contributed by atoms with Crippen molar-refractivity contribution in [1.29, 1.82) is 0 Å². The Morgan fingerprint density at radius 2 is 1.91 bits per heavy atom. The standard InChI is InChI=1S/C25H26N4O4/c1-18(21-12-15-33-27-21)28(2)22(30)16-25(19-8-4-3-5-9-19)17-23(31)29(24(25)32)14-11-20-10-6-7-13-26-20/h3-10,12-13,15,18H,11,14,16-17H2,1-2H3. The summed E-state index contributed by atoms with van der Waals surface area (Å²) in [5, 5.41) is 3.92. The summed E-state index contributed by atoms with van der Waals surface area (Å²) in [6.07, 6.45) is 3.44. The smallest absolute Gasteiger partial charge is 0.240 e. The maximum absolute atomic E-state index is 13.7. The first-order valence-corrected chi connectivity index (χ1v) is 10.9. The van der Waals surface area contributed by atoms with Crippen molar-refractivity contribution in [3.63, 3.8) is 0 Å². The number of rotatable bonds is 8. The Balaban J connectivity index is 1.59. The van der Waals surface area contributed by atoms with Gasteiger partial charge in [0.05, 0.1) is 11.5 Å². The Labute approximate surface area is 192 Å². The van der Waals surface area contributed by atoms with Gasteiger partial charge in [0.15, 0.2) is 0 Å². The lowest BCUT2D eigenvalue weighted by Gasteiger charge is -2.31. The van der Waals surface area contributed by atoms with Crippen molar-refractivity contribution in [2.45, 2.75) is 37.6 Å². The molecular formula is C25H26N4O4. The fraction of sp³-hybridized carbons (Fsp3) is 0.320. The number of hydrogen-bond acceptors (Lipinski definition) is 6. The Bertz CT molecular complexity index is 1120. The molecule has 0 saturated carbocycles. The molecule has 1 aliphatic heterocycles. The van der Waals surface area contributed by atoms with Gasteiger partial charge in [-0.25, -0.2) is 0 Å². The van der Waals surface area contributed by atoms with Crippen LogP contribution in [0, 0.1) is 0 Å². The van der Waals surface area contributed by atoms with Crippen LogP contribution in [0.1, 0.15) is 42.8 Å². The van der Waals surface area contributed by atoms with E-state index in [9.17, 15) is 14.4 Å². The molecule has 2 unspecified atom stereocenters. The third-order valence-electron chi connectivity index (χ3n) is 6.37. The minimum absolute atomic E-state index is 0.0456. The van der Waals surface area contributed by atoms with Crippen LogP contribution in [0.3, 0.4) is 0 Å². The molecule has 4 rings (SSSR count). The number of pyridine rings is 1. The van der Waals surface area contributed by atoms with Gasteiger partial charge in [0.25, 0.3) is 0 Å². The van der Waals surface area contributed by atoms with Gasteiger partial charge in [-0.1, -0.05) is 41.6 Å². The van der Waals surface area contributed by atoms with Crippen molar-refractivity contribution < 1.29 is 18.9 Å². The molecule has 1 aliphatic rings. The first-order valence-electron chi connectivity index (χ1n) is 10.9. The quantitative estimate of drug-likeness (QED) is 0.494. The van der Waals surface area contributed by atoms with Gasteiger partial charge < -0.3 is 9.42 Å². The predicted octanol–water partition coefficient (Wildman–Crippen LogP) is 2.92. The molecular weight excluding hydrogens is 420 g/mol. The molecule has 33 heavy (non-hydrogen) atoms. The van der Waals surface area contributed by atoms with E-state index < -0.39 is 5.41 Å². The van der Waals surface area contributed by atoms with Gasteiger partial charge in [0.1, 0.15) is 12.0 Å². The van der Waals surface area contributed by atoms with Gasteiger partial charge in [-0.3, -0.25) is 24.3 Å². The molecule has 3 heterocycles. The third-order valence-corrected chi connectivity index (χ3v) is 6.37. The average Bonchev–Trinajstić information content (AvgIpc) is 3.46. The second-order valence-electron chi connectivity index (χ2n) is 8.33. The predicted molar refractivity (Wildman–Crippen MR) is 120 cm³/mol. The van der Waals surface area contributed by atoms with E-state index in [-0.39, 0.29) is 43.1 Å². The monoisotopic (exact) mass is 446 g/mol. The number of aromatic nitrogens is 2. The summed E-state index contributed by atoms with van der Waals surface area (Å²) in [6.45, 7) is 2.06. The van der Waals surface area contributed by atoms with Crippen molar-refractivity contribution in [2.24, 2.45) is 0 Å². The van der Waals surface area contributed by atoms with Crippen LogP contribution in [0.2, 0.25) is 0 Å². The van der Waals surface area contributed by atoms with Gasteiger partial charge >= 0.3 is 0 Å². The Morgan fingerprint density at radius 3 is 2.58 bits per heavy atom. The SMILES string of the molecule is CC(c1ccon1)N(C)C(=O)CC1(c2ccccc2)CC(=O)N(CCc2ccccn2)C1=O. The summed E-state index contributed by atoms with van der Waals surface area (Å²) >= 11 is 0. The number of carbonyl (C=O) groups excluding carboxylic acids is 3. The number of hydrogen-bond donors (Lipinski definition) is 0. The van der Waals surface area contributed by atoms with Crippen LogP contribution in [0.25, 0.3) is 0 Å². The van der Waals surface area contributed by atoms with E-state index in [2.05, 4.69) is 10.1 Å². The maximum Gasteiger partial charge on any atom is 0.240 e. The minimum Gasteiger partial charge on any atom is -0.364 e. The van der Waals surface area contributed by atoms with Crippen molar-refractivity contribution in [2.75, 3.05) is 13.6 Å². The molecule has 0 aliphatic carbocycles. The van der Waals surface area contributed by atoms with Crippen LogP contribution in [-0.2, 0) is 26.2 Å². The summed E-state index contributed by atoms with van der Waals surface area (Å²) < 4.78 is 4.90. The number of nitrogens with zero attached hydrogens (tertiary/aromatic N) is 4. The molecule has 0 N–H and O–H groups in total. The number of carbonyl (C=O) groups is 3. The zero-order valence-corrected chi connectivity index (χ0v) is 18.7. The van der Waals surface area contributed by atoms with Gasteiger partial charge in [-0.05, 0) is 24.6 Å². The molecule has 2 aromatic heterocycles. The lowest BCUT2D eigenvalue weighted by molar-refractivity contribution is -0.142. The highest BCUT2D eigenvalue weighted by atomic mass is 16.5. The van der Waals surface area contributed by atoms with Crippen molar-refractivity contribution >= 4 is 17.7 Å². The topological polar surface area (TPSA) is 96.6 Å². The Kier molecular flexibility index (Phi) is 6.35.